The first-order chi connectivity index (χ1) is 13.9. The summed E-state index contributed by atoms with van der Waals surface area (Å²) >= 11 is 6.08. The first kappa shape index (κ1) is 19.5. The molecular weight excluding hydrogens is 386 g/mol. The molecule has 1 aromatic heterocycles. The zero-order chi connectivity index (χ0) is 20.5. The van der Waals surface area contributed by atoms with Crippen LogP contribution in [-0.4, -0.2) is 22.4 Å². The number of rotatable bonds is 3. The van der Waals surface area contributed by atoms with Gasteiger partial charge in [-0.3, -0.25) is 14.6 Å². The number of Topliss-reactive ketones (excluding diaryl/α,β-unsaturated/α-hetero) is 1. The van der Waals surface area contributed by atoms with E-state index in [2.05, 4.69) is 17.2 Å². The number of anilines is 1. The Morgan fingerprint density at radius 2 is 1.86 bits per heavy atom. The fourth-order valence-electron chi connectivity index (χ4n) is 4.33. The molecule has 2 heterocycles. The predicted molar refractivity (Wildman–Crippen MR) is 114 cm³/mol. The number of allylic oxidation sites excluding steroid dienone is 1. The van der Waals surface area contributed by atoms with E-state index in [1.54, 1.807) is 30.5 Å². The number of fused-ring (bicyclic) bond motifs is 1. The zero-order valence-corrected chi connectivity index (χ0v) is 17.1. The molecule has 148 valence electrons. The maximum absolute atomic E-state index is 13.3. The molecule has 3 atom stereocenters. The van der Waals surface area contributed by atoms with Crippen LogP contribution < -0.4 is 5.32 Å². The van der Waals surface area contributed by atoms with Crippen LogP contribution in [0.25, 0.3) is 0 Å². The molecule has 6 heteroatoms. The number of aromatic nitrogens is 1. The number of nitrogens with zero attached hydrogens (tertiary/aromatic N) is 2. The Morgan fingerprint density at radius 1 is 1.10 bits per heavy atom. The number of hydrogen-bond donors (Lipinski definition) is 1. The van der Waals surface area contributed by atoms with E-state index in [9.17, 15) is 9.59 Å². The van der Waals surface area contributed by atoms with Gasteiger partial charge in [0, 0.05) is 40.5 Å². The van der Waals surface area contributed by atoms with Crippen LogP contribution in [0.4, 0.5) is 5.82 Å². The van der Waals surface area contributed by atoms with Gasteiger partial charge in [-0.05, 0) is 49.1 Å². The number of halogens is 1. The summed E-state index contributed by atoms with van der Waals surface area (Å²) in [4.78, 5) is 35.2. The largest absolute Gasteiger partial charge is 0.307 e. The molecule has 0 saturated heterocycles. The smallest absolute Gasteiger partial charge is 0.255 e. The van der Waals surface area contributed by atoms with Gasteiger partial charge in [-0.1, -0.05) is 36.7 Å². The van der Waals surface area contributed by atoms with Crippen molar-refractivity contribution in [2.24, 2.45) is 16.8 Å². The summed E-state index contributed by atoms with van der Waals surface area (Å²) in [6, 6.07) is 12.7. The van der Waals surface area contributed by atoms with Crippen molar-refractivity contribution in [2.45, 2.75) is 32.6 Å². The number of hydrogen-bond acceptors (Lipinski definition) is 4. The van der Waals surface area contributed by atoms with Crippen molar-refractivity contribution < 1.29 is 9.59 Å². The lowest BCUT2D eigenvalue weighted by Crippen LogP contribution is -2.41. The van der Waals surface area contributed by atoms with Crippen LogP contribution in [0.2, 0.25) is 5.02 Å². The van der Waals surface area contributed by atoms with Gasteiger partial charge in [-0.2, -0.15) is 0 Å². The molecule has 1 N–H and O–H groups in total. The van der Waals surface area contributed by atoms with E-state index in [4.69, 9.17) is 16.6 Å². The Bertz CT molecular complexity index is 1010. The number of carbonyl (C=O) groups excluding carboxylic acids is 2. The van der Waals surface area contributed by atoms with Crippen molar-refractivity contribution in [1.82, 2.24) is 4.98 Å². The quantitative estimate of drug-likeness (QED) is 0.794. The van der Waals surface area contributed by atoms with E-state index in [0.29, 0.717) is 28.5 Å². The summed E-state index contributed by atoms with van der Waals surface area (Å²) in [6.07, 6.45) is 2.89. The number of amides is 1. The van der Waals surface area contributed by atoms with Gasteiger partial charge in [0.25, 0.3) is 5.91 Å². The second-order valence-electron chi connectivity index (χ2n) is 7.76. The van der Waals surface area contributed by atoms with Crippen LogP contribution in [0.1, 0.15) is 38.2 Å². The third-order valence-electron chi connectivity index (χ3n) is 5.54. The summed E-state index contributed by atoms with van der Waals surface area (Å²) in [7, 11) is 0. The van der Waals surface area contributed by atoms with Gasteiger partial charge >= 0.3 is 0 Å². The molecule has 1 aromatic carbocycles. The molecule has 5 nitrogen and oxygen atoms in total. The molecule has 0 radical (unpaired) electrons. The average molecular weight is 408 g/mol. The summed E-state index contributed by atoms with van der Waals surface area (Å²) in [5.41, 5.74) is 2.92. The van der Waals surface area contributed by atoms with Gasteiger partial charge in [0.2, 0.25) is 0 Å². The Balaban J connectivity index is 1.80. The number of carbonyl (C=O) groups is 2. The molecule has 1 fully saturated rings. The molecule has 1 aliphatic heterocycles. The lowest BCUT2D eigenvalue weighted by molar-refractivity contribution is -0.123. The van der Waals surface area contributed by atoms with Crippen LogP contribution in [-0.2, 0) is 9.59 Å². The monoisotopic (exact) mass is 407 g/mol. The molecule has 0 bridgehead atoms. The fourth-order valence-corrected chi connectivity index (χ4v) is 4.45. The summed E-state index contributed by atoms with van der Waals surface area (Å²) < 4.78 is 0. The van der Waals surface area contributed by atoms with Crippen LogP contribution in [0.15, 0.2) is 64.9 Å². The number of pyridine rings is 1. The minimum absolute atomic E-state index is 0.137. The van der Waals surface area contributed by atoms with Crippen molar-refractivity contribution in [1.29, 1.82) is 0 Å². The number of ketones is 1. The zero-order valence-electron chi connectivity index (χ0n) is 16.4. The van der Waals surface area contributed by atoms with E-state index >= 15 is 0 Å². The Kier molecular flexibility index (Phi) is 5.33. The highest BCUT2D eigenvalue weighted by atomic mass is 35.5. The van der Waals surface area contributed by atoms with Gasteiger partial charge in [0.1, 0.15) is 11.6 Å². The van der Waals surface area contributed by atoms with Gasteiger partial charge in [0.05, 0.1) is 5.92 Å². The van der Waals surface area contributed by atoms with E-state index in [1.807, 2.05) is 25.1 Å². The number of benzene rings is 1. The van der Waals surface area contributed by atoms with Gasteiger partial charge < -0.3 is 5.32 Å². The second-order valence-corrected chi connectivity index (χ2v) is 8.19. The molecule has 0 spiro atoms. The minimum atomic E-state index is -0.416. The summed E-state index contributed by atoms with van der Waals surface area (Å²) in [6.45, 7) is 3.90. The average Bonchev–Trinajstić information content (AvgIpc) is 2.68. The Labute approximate surface area is 174 Å². The Hall–Kier alpha value is -2.79. The molecule has 29 heavy (non-hydrogen) atoms. The Morgan fingerprint density at radius 3 is 2.55 bits per heavy atom. The maximum Gasteiger partial charge on any atom is 0.255 e. The predicted octanol–water partition coefficient (Wildman–Crippen LogP) is 4.80. The second kappa shape index (κ2) is 7.91. The normalized spacial score (nSPS) is 24.0. The molecule has 4 rings (SSSR count). The molecule has 1 aliphatic carbocycles. The first-order valence-corrected chi connectivity index (χ1v) is 10.1. The van der Waals surface area contributed by atoms with Gasteiger partial charge in [-0.25, -0.2) is 4.98 Å². The van der Waals surface area contributed by atoms with Gasteiger partial charge in [-0.15, -0.1) is 0 Å². The molecule has 1 saturated carbocycles. The maximum atomic E-state index is 13.3. The lowest BCUT2D eigenvalue weighted by Gasteiger charge is -2.37. The van der Waals surface area contributed by atoms with E-state index in [-0.39, 0.29) is 23.5 Å². The standard InChI is InChI=1S/C23H22ClN3O2/c1-13-11-17-22(18(28)12-13)21(15-6-8-16(24)9-7-15)20(14(2)26-17)23(29)27-19-5-3-4-10-25-19/h3-10,13,21-22H,11-12H2,1-2H3,(H,25,27,29)/t13-,21+,22?/m1/s1. The third kappa shape index (κ3) is 3.87. The minimum Gasteiger partial charge on any atom is -0.307 e. The molecule has 2 aromatic rings. The summed E-state index contributed by atoms with van der Waals surface area (Å²) in [5, 5.41) is 3.47. The molecular formula is C23H22ClN3O2. The first-order valence-electron chi connectivity index (χ1n) is 9.73. The highest BCUT2D eigenvalue weighted by Crippen LogP contribution is 2.44. The van der Waals surface area contributed by atoms with Crippen LogP contribution in [0, 0.1) is 11.8 Å². The SMILES string of the molecule is CC1=C(C(=O)Nc2ccccn2)[C@H](c2ccc(Cl)cc2)C2C(=O)C[C@H](C)CC2=N1. The molecule has 1 amide bonds. The van der Waals surface area contributed by atoms with Crippen molar-refractivity contribution in [3.8, 4) is 0 Å². The van der Waals surface area contributed by atoms with Crippen molar-refractivity contribution >= 4 is 34.8 Å². The lowest BCUT2D eigenvalue weighted by atomic mass is 9.67. The van der Waals surface area contributed by atoms with Crippen LogP contribution >= 0.6 is 11.6 Å². The molecule has 1 unspecified atom stereocenters. The highest BCUT2D eigenvalue weighted by Gasteiger charge is 2.44. The highest BCUT2D eigenvalue weighted by molar-refractivity contribution is 6.30. The third-order valence-corrected chi connectivity index (χ3v) is 5.79. The fraction of sp³-hybridized carbons (Fsp3) is 0.304. The number of nitrogens with one attached hydrogen (secondary N) is 1. The van der Waals surface area contributed by atoms with Gasteiger partial charge in [0.15, 0.2) is 0 Å². The van der Waals surface area contributed by atoms with Crippen LogP contribution in [0.5, 0.6) is 0 Å². The number of aliphatic imine (C=N–C) groups is 1. The topological polar surface area (TPSA) is 71.4 Å². The van der Waals surface area contributed by atoms with E-state index < -0.39 is 5.92 Å². The van der Waals surface area contributed by atoms with Crippen LogP contribution in [0.3, 0.4) is 0 Å². The van der Waals surface area contributed by atoms with Crippen molar-refractivity contribution in [2.75, 3.05) is 5.32 Å². The van der Waals surface area contributed by atoms with Crippen molar-refractivity contribution in [3.63, 3.8) is 0 Å². The van der Waals surface area contributed by atoms with Crippen molar-refractivity contribution in [3.05, 3.63) is 70.5 Å². The summed E-state index contributed by atoms with van der Waals surface area (Å²) in [5.74, 6) is -0.219. The molecule has 2 aliphatic rings. The van der Waals surface area contributed by atoms with E-state index in [1.165, 1.54) is 0 Å². The van der Waals surface area contributed by atoms with E-state index in [0.717, 1.165) is 17.7 Å².